The summed E-state index contributed by atoms with van der Waals surface area (Å²) in [4.78, 5) is 0.334. The third-order valence-corrected chi connectivity index (χ3v) is 3.57. The molecule has 4 nitrogen and oxygen atoms in total. The molecular weight excluding hydrogens is 322 g/mol. The molecule has 2 aromatic rings. The first-order valence-electron chi connectivity index (χ1n) is 7.90. The van der Waals surface area contributed by atoms with Crippen molar-refractivity contribution >= 4 is 17.2 Å². The topological polar surface area (TPSA) is 53.7 Å². The van der Waals surface area contributed by atoms with E-state index in [9.17, 15) is 0 Å². The van der Waals surface area contributed by atoms with E-state index < -0.39 is 0 Å². The van der Waals surface area contributed by atoms with Crippen LogP contribution < -0.4 is 19.9 Å². The minimum atomic E-state index is 0.334. The minimum absolute atomic E-state index is 0.334. The van der Waals surface area contributed by atoms with Crippen LogP contribution in [0.2, 0.25) is 0 Å². The molecule has 0 fully saturated rings. The average molecular weight is 345 g/mol. The predicted octanol–water partition coefficient (Wildman–Crippen LogP) is 3.79. The van der Waals surface area contributed by atoms with Crippen LogP contribution in [0.15, 0.2) is 36.4 Å². The molecule has 2 aromatic carbocycles. The van der Waals surface area contributed by atoms with Gasteiger partial charge >= 0.3 is 0 Å². The maximum Gasteiger partial charge on any atom is 0.161 e. The second kappa shape index (κ2) is 8.55. The van der Waals surface area contributed by atoms with E-state index in [1.54, 1.807) is 6.07 Å². The fourth-order valence-electron chi connectivity index (χ4n) is 2.38. The molecular formula is C19H23NO3S. The lowest BCUT2D eigenvalue weighted by Gasteiger charge is -2.14. The summed E-state index contributed by atoms with van der Waals surface area (Å²) >= 11 is 4.99. The van der Waals surface area contributed by atoms with Gasteiger partial charge in [-0.25, -0.2) is 0 Å². The van der Waals surface area contributed by atoms with E-state index in [0.717, 1.165) is 11.3 Å². The van der Waals surface area contributed by atoms with E-state index >= 15 is 0 Å². The molecule has 128 valence electrons. The maximum atomic E-state index is 5.77. The number of nitrogens with two attached hydrogens (primary N) is 1. The second-order valence-corrected chi connectivity index (χ2v) is 5.92. The predicted molar refractivity (Wildman–Crippen MR) is 100 cm³/mol. The molecule has 2 rings (SSSR count). The standard InChI is InChI=1S/C19H23NO3S/c1-4-21-18-12-15(19(20)24)5-6-17(18)23-8-7-22-16-10-13(2)9-14(3)11-16/h5-6,9-12H,4,7-8H2,1-3H3,(H2,20,24). The van der Waals surface area contributed by atoms with Gasteiger partial charge in [0.05, 0.1) is 6.61 Å². The molecule has 0 atom stereocenters. The highest BCUT2D eigenvalue weighted by Gasteiger charge is 2.08. The molecule has 0 aliphatic heterocycles. The zero-order chi connectivity index (χ0) is 17.5. The van der Waals surface area contributed by atoms with Gasteiger partial charge in [-0.1, -0.05) is 18.3 Å². The molecule has 0 aromatic heterocycles. The van der Waals surface area contributed by atoms with Crippen LogP contribution in [0.3, 0.4) is 0 Å². The van der Waals surface area contributed by atoms with Crippen LogP contribution in [0.5, 0.6) is 17.2 Å². The van der Waals surface area contributed by atoms with Crippen molar-refractivity contribution in [3.05, 3.63) is 53.1 Å². The summed E-state index contributed by atoms with van der Waals surface area (Å²) in [7, 11) is 0. The molecule has 2 N–H and O–H groups in total. The van der Waals surface area contributed by atoms with Gasteiger partial charge in [0.1, 0.15) is 24.0 Å². The quantitative estimate of drug-likeness (QED) is 0.583. The van der Waals surface area contributed by atoms with Crippen LogP contribution >= 0.6 is 12.2 Å². The molecule has 0 unspecified atom stereocenters. The Balaban J connectivity index is 1.94. The first-order chi connectivity index (χ1) is 11.5. The summed E-state index contributed by atoms with van der Waals surface area (Å²) in [6.45, 7) is 7.42. The van der Waals surface area contributed by atoms with Crippen molar-refractivity contribution in [1.82, 2.24) is 0 Å². The van der Waals surface area contributed by atoms with E-state index in [1.165, 1.54) is 11.1 Å². The van der Waals surface area contributed by atoms with Crippen LogP contribution in [0.25, 0.3) is 0 Å². The largest absolute Gasteiger partial charge is 0.490 e. The SMILES string of the molecule is CCOc1cc(C(N)=S)ccc1OCCOc1cc(C)cc(C)c1. The molecule has 0 saturated carbocycles. The number of hydrogen-bond donors (Lipinski definition) is 1. The van der Waals surface area contributed by atoms with Crippen molar-refractivity contribution in [3.8, 4) is 17.2 Å². The minimum Gasteiger partial charge on any atom is -0.490 e. The van der Waals surface area contributed by atoms with Crippen LogP contribution in [-0.2, 0) is 0 Å². The monoisotopic (exact) mass is 345 g/mol. The van der Waals surface area contributed by atoms with Crippen molar-refractivity contribution < 1.29 is 14.2 Å². The Morgan fingerprint density at radius 2 is 1.58 bits per heavy atom. The van der Waals surface area contributed by atoms with Gasteiger partial charge in [0.2, 0.25) is 0 Å². The van der Waals surface area contributed by atoms with Gasteiger partial charge in [-0.15, -0.1) is 0 Å². The Morgan fingerprint density at radius 3 is 2.21 bits per heavy atom. The van der Waals surface area contributed by atoms with Gasteiger partial charge in [0, 0.05) is 5.56 Å². The third kappa shape index (κ3) is 5.13. The molecule has 24 heavy (non-hydrogen) atoms. The number of hydrogen-bond acceptors (Lipinski definition) is 4. The first kappa shape index (κ1) is 18.1. The molecule has 0 heterocycles. The molecule has 5 heteroatoms. The fraction of sp³-hybridized carbons (Fsp3) is 0.316. The van der Waals surface area contributed by atoms with Gasteiger partial charge in [0.25, 0.3) is 0 Å². The van der Waals surface area contributed by atoms with Gasteiger partial charge in [-0.3, -0.25) is 0 Å². The third-order valence-electron chi connectivity index (χ3n) is 3.33. The summed E-state index contributed by atoms with van der Waals surface area (Å²) in [6.07, 6.45) is 0. The Hall–Kier alpha value is -2.27. The molecule has 0 aliphatic rings. The summed E-state index contributed by atoms with van der Waals surface area (Å²) < 4.78 is 17.1. The second-order valence-electron chi connectivity index (χ2n) is 5.48. The summed E-state index contributed by atoms with van der Waals surface area (Å²) in [6, 6.07) is 11.6. The molecule has 0 spiro atoms. The Bertz CT molecular complexity index is 696. The molecule has 0 amide bonds. The normalized spacial score (nSPS) is 10.3. The van der Waals surface area contributed by atoms with Crippen molar-refractivity contribution in [1.29, 1.82) is 0 Å². The Kier molecular flexibility index (Phi) is 6.44. The lowest BCUT2D eigenvalue weighted by atomic mass is 10.1. The van der Waals surface area contributed by atoms with Crippen LogP contribution in [0.1, 0.15) is 23.6 Å². The average Bonchev–Trinajstić information content (AvgIpc) is 2.52. The zero-order valence-corrected chi connectivity index (χ0v) is 15.1. The van der Waals surface area contributed by atoms with Crippen molar-refractivity contribution in [2.45, 2.75) is 20.8 Å². The Labute approximate surface area is 148 Å². The lowest BCUT2D eigenvalue weighted by molar-refractivity contribution is 0.208. The fourth-order valence-corrected chi connectivity index (χ4v) is 2.50. The van der Waals surface area contributed by atoms with Gasteiger partial charge in [-0.2, -0.15) is 0 Å². The number of thiocarbonyl (C=S) groups is 1. The summed E-state index contributed by atoms with van der Waals surface area (Å²) in [5.41, 5.74) is 8.77. The van der Waals surface area contributed by atoms with E-state index in [0.29, 0.717) is 36.3 Å². The number of rotatable bonds is 8. The van der Waals surface area contributed by atoms with E-state index in [2.05, 4.69) is 6.07 Å². The van der Waals surface area contributed by atoms with Crippen LogP contribution in [-0.4, -0.2) is 24.8 Å². The highest BCUT2D eigenvalue weighted by Crippen LogP contribution is 2.28. The summed E-state index contributed by atoms with van der Waals surface area (Å²) in [5.74, 6) is 2.14. The number of ether oxygens (including phenoxy) is 3. The van der Waals surface area contributed by atoms with Crippen molar-refractivity contribution in [3.63, 3.8) is 0 Å². The lowest BCUT2D eigenvalue weighted by Crippen LogP contribution is -2.12. The Morgan fingerprint density at radius 1 is 0.917 bits per heavy atom. The van der Waals surface area contributed by atoms with Crippen molar-refractivity contribution in [2.24, 2.45) is 5.73 Å². The highest BCUT2D eigenvalue weighted by atomic mass is 32.1. The summed E-state index contributed by atoms with van der Waals surface area (Å²) in [5, 5.41) is 0. The van der Waals surface area contributed by atoms with Crippen molar-refractivity contribution in [2.75, 3.05) is 19.8 Å². The van der Waals surface area contributed by atoms with Gasteiger partial charge in [0.15, 0.2) is 11.5 Å². The van der Waals surface area contributed by atoms with Gasteiger partial charge in [-0.05, 0) is 62.2 Å². The van der Waals surface area contributed by atoms with Gasteiger partial charge < -0.3 is 19.9 Å². The molecule has 0 aliphatic carbocycles. The van der Waals surface area contributed by atoms with E-state index in [1.807, 2.05) is 45.0 Å². The molecule has 0 saturated heterocycles. The maximum absolute atomic E-state index is 5.77. The zero-order valence-electron chi connectivity index (χ0n) is 14.3. The van der Waals surface area contributed by atoms with Crippen LogP contribution in [0.4, 0.5) is 0 Å². The highest BCUT2D eigenvalue weighted by molar-refractivity contribution is 7.80. The number of benzene rings is 2. The van der Waals surface area contributed by atoms with E-state index in [-0.39, 0.29) is 0 Å². The molecule has 0 radical (unpaired) electrons. The first-order valence-corrected chi connectivity index (χ1v) is 8.31. The van der Waals surface area contributed by atoms with Crippen LogP contribution in [0, 0.1) is 13.8 Å². The molecule has 0 bridgehead atoms. The number of aryl methyl sites for hydroxylation is 2. The smallest absolute Gasteiger partial charge is 0.161 e. The van der Waals surface area contributed by atoms with E-state index in [4.69, 9.17) is 32.2 Å².